The van der Waals surface area contributed by atoms with E-state index in [2.05, 4.69) is 16.7 Å². The van der Waals surface area contributed by atoms with E-state index in [0.29, 0.717) is 16.7 Å². The summed E-state index contributed by atoms with van der Waals surface area (Å²) in [5.74, 6) is -1.06. The highest BCUT2D eigenvalue weighted by Crippen LogP contribution is 2.18. The minimum absolute atomic E-state index is 0.0393. The maximum atomic E-state index is 12.8. The Bertz CT molecular complexity index is 1230. The number of amides is 2. The fourth-order valence-corrected chi connectivity index (χ4v) is 3.25. The normalized spacial score (nSPS) is 11.2. The molecule has 1 heterocycles. The first-order chi connectivity index (χ1) is 15.4. The number of hydrogen-bond acceptors (Lipinski definition) is 4. The lowest BCUT2D eigenvalue weighted by atomic mass is 10.0. The summed E-state index contributed by atoms with van der Waals surface area (Å²) in [6.45, 7) is 2.08. The van der Waals surface area contributed by atoms with Crippen LogP contribution in [0.5, 0.6) is 0 Å². The number of carbonyl (C=O) groups excluding carboxylic acids is 1. The molecule has 32 heavy (non-hydrogen) atoms. The number of aryl methyl sites for hydroxylation is 1. The van der Waals surface area contributed by atoms with Gasteiger partial charge in [-0.15, -0.1) is 0 Å². The lowest BCUT2D eigenvalue weighted by Crippen LogP contribution is -2.36. The van der Waals surface area contributed by atoms with Crippen LogP contribution in [0.25, 0.3) is 0 Å². The van der Waals surface area contributed by atoms with Gasteiger partial charge in [0, 0.05) is 6.20 Å². The van der Waals surface area contributed by atoms with E-state index in [1.165, 1.54) is 10.6 Å². The van der Waals surface area contributed by atoms with Crippen LogP contribution >= 0.6 is 0 Å². The molecule has 0 fully saturated rings. The van der Waals surface area contributed by atoms with Crippen molar-refractivity contribution in [3.8, 4) is 6.07 Å². The smallest absolute Gasteiger partial charge is 0.319 e. The zero-order valence-electron chi connectivity index (χ0n) is 17.4. The van der Waals surface area contributed by atoms with E-state index in [0.717, 1.165) is 5.56 Å². The third-order valence-corrected chi connectivity index (χ3v) is 4.91. The number of benzene rings is 2. The number of carbonyl (C=O) groups is 2. The van der Waals surface area contributed by atoms with Crippen LogP contribution < -0.4 is 16.2 Å². The second kappa shape index (κ2) is 10.1. The van der Waals surface area contributed by atoms with Gasteiger partial charge in [-0.25, -0.2) is 4.79 Å². The van der Waals surface area contributed by atoms with Gasteiger partial charge in [0.05, 0.1) is 30.6 Å². The second-order valence-electron chi connectivity index (χ2n) is 7.28. The van der Waals surface area contributed by atoms with Gasteiger partial charge < -0.3 is 20.3 Å². The molecule has 2 amide bonds. The average Bonchev–Trinajstić information content (AvgIpc) is 2.76. The number of pyridine rings is 1. The van der Waals surface area contributed by atoms with Crippen molar-refractivity contribution in [2.24, 2.45) is 0 Å². The van der Waals surface area contributed by atoms with E-state index in [-0.39, 0.29) is 18.7 Å². The number of hydrogen-bond donors (Lipinski definition) is 3. The fraction of sp³-hybridized carbons (Fsp3) is 0.167. The van der Waals surface area contributed by atoms with Crippen molar-refractivity contribution >= 4 is 17.7 Å². The number of nitrogens with zero attached hydrogens (tertiary/aromatic N) is 2. The Morgan fingerprint density at radius 1 is 1.09 bits per heavy atom. The predicted octanol–water partition coefficient (Wildman–Crippen LogP) is 3.41. The predicted molar refractivity (Wildman–Crippen MR) is 119 cm³/mol. The quantitative estimate of drug-likeness (QED) is 0.530. The highest BCUT2D eigenvalue weighted by atomic mass is 16.4. The van der Waals surface area contributed by atoms with Crippen molar-refractivity contribution < 1.29 is 14.7 Å². The molecule has 8 nitrogen and oxygen atoms in total. The summed E-state index contributed by atoms with van der Waals surface area (Å²) in [7, 11) is 0. The van der Waals surface area contributed by atoms with Gasteiger partial charge in [-0.1, -0.05) is 48.0 Å². The van der Waals surface area contributed by atoms with Crippen LogP contribution in [-0.4, -0.2) is 21.7 Å². The molecule has 0 spiro atoms. The van der Waals surface area contributed by atoms with Crippen molar-refractivity contribution in [1.29, 1.82) is 5.26 Å². The third kappa shape index (κ3) is 5.61. The number of carboxylic acid groups (broad SMARTS) is 1. The van der Waals surface area contributed by atoms with Crippen molar-refractivity contribution in [3.63, 3.8) is 0 Å². The summed E-state index contributed by atoms with van der Waals surface area (Å²) in [5.41, 5.74) is 2.39. The molecule has 0 radical (unpaired) electrons. The summed E-state index contributed by atoms with van der Waals surface area (Å²) in [4.78, 5) is 36.6. The number of nitrogens with one attached hydrogen (secondary N) is 2. The zero-order chi connectivity index (χ0) is 23.1. The van der Waals surface area contributed by atoms with Gasteiger partial charge in [0.2, 0.25) is 0 Å². The number of carboxylic acids is 1. The minimum atomic E-state index is -1.06. The van der Waals surface area contributed by atoms with Gasteiger partial charge in [0.25, 0.3) is 5.56 Å². The first-order valence-electron chi connectivity index (χ1n) is 9.90. The summed E-state index contributed by atoms with van der Waals surface area (Å²) < 4.78 is 1.39. The first kappa shape index (κ1) is 22.3. The van der Waals surface area contributed by atoms with E-state index < -0.39 is 23.6 Å². The second-order valence-corrected chi connectivity index (χ2v) is 7.28. The first-order valence-corrected chi connectivity index (χ1v) is 9.90. The Labute approximate surface area is 184 Å². The monoisotopic (exact) mass is 430 g/mol. The molecule has 3 N–H and O–H groups in total. The standard InChI is InChI=1S/C24H22N4O4/c1-16-8-10-17(11-9-16)21(13-22(29)30)27-24(32)26-20-7-4-12-28(23(20)31)15-19-6-3-2-5-18(19)14-25/h2-12,21H,13,15H2,1H3,(H,29,30)(H2,26,27,32)/t21-/m0/s1. The third-order valence-electron chi connectivity index (χ3n) is 4.91. The number of aliphatic carboxylic acids is 1. The Morgan fingerprint density at radius 2 is 1.81 bits per heavy atom. The topological polar surface area (TPSA) is 124 Å². The van der Waals surface area contributed by atoms with E-state index in [1.54, 1.807) is 48.7 Å². The van der Waals surface area contributed by atoms with Crippen LogP contribution in [0, 0.1) is 18.3 Å². The Hall–Kier alpha value is -4.38. The molecule has 8 heteroatoms. The summed E-state index contributed by atoms with van der Waals surface area (Å²) in [6.07, 6.45) is 1.26. The molecule has 2 aromatic carbocycles. The molecular weight excluding hydrogens is 408 g/mol. The number of anilines is 1. The maximum Gasteiger partial charge on any atom is 0.319 e. The molecule has 0 aliphatic heterocycles. The van der Waals surface area contributed by atoms with Crippen molar-refractivity contribution in [2.75, 3.05) is 5.32 Å². The van der Waals surface area contributed by atoms with Crippen LogP contribution in [0.1, 0.15) is 34.7 Å². The van der Waals surface area contributed by atoms with Crippen LogP contribution in [-0.2, 0) is 11.3 Å². The summed E-state index contributed by atoms with van der Waals surface area (Å²) >= 11 is 0. The molecule has 0 saturated heterocycles. The average molecular weight is 430 g/mol. The Balaban J connectivity index is 1.77. The largest absolute Gasteiger partial charge is 0.481 e. The molecule has 0 aliphatic carbocycles. The molecule has 0 bridgehead atoms. The molecule has 1 aromatic heterocycles. The van der Waals surface area contributed by atoms with Crippen LogP contribution in [0.3, 0.4) is 0 Å². The maximum absolute atomic E-state index is 12.8. The SMILES string of the molecule is Cc1ccc([C@H](CC(=O)O)NC(=O)Nc2cccn(Cc3ccccc3C#N)c2=O)cc1. The van der Waals surface area contributed by atoms with Crippen LogP contribution in [0.4, 0.5) is 10.5 Å². The fourth-order valence-electron chi connectivity index (χ4n) is 3.25. The molecule has 3 rings (SSSR count). The van der Waals surface area contributed by atoms with Gasteiger partial charge in [-0.05, 0) is 36.2 Å². The molecule has 0 saturated carbocycles. The molecule has 162 valence electrons. The van der Waals surface area contributed by atoms with Gasteiger partial charge >= 0.3 is 12.0 Å². The van der Waals surface area contributed by atoms with Crippen molar-refractivity contribution in [3.05, 3.63) is 99.5 Å². The molecule has 0 unspecified atom stereocenters. The van der Waals surface area contributed by atoms with E-state index in [9.17, 15) is 24.8 Å². The van der Waals surface area contributed by atoms with E-state index in [1.807, 2.05) is 19.1 Å². The minimum Gasteiger partial charge on any atom is -0.481 e. The summed E-state index contributed by atoms with van der Waals surface area (Å²) in [6, 6.07) is 17.9. The van der Waals surface area contributed by atoms with Crippen molar-refractivity contribution in [1.82, 2.24) is 9.88 Å². The van der Waals surface area contributed by atoms with Crippen LogP contribution in [0.2, 0.25) is 0 Å². The van der Waals surface area contributed by atoms with Gasteiger partial charge in [-0.3, -0.25) is 9.59 Å². The summed E-state index contributed by atoms with van der Waals surface area (Å²) in [5, 5.41) is 23.6. The number of rotatable bonds is 7. The van der Waals surface area contributed by atoms with E-state index in [4.69, 9.17) is 0 Å². The number of nitriles is 1. The lowest BCUT2D eigenvalue weighted by Gasteiger charge is -2.18. The number of urea groups is 1. The molecule has 1 atom stereocenters. The van der Waals surface area contributed by atoms with Gasteiger partial charge in [0.15, 0.2) is 0 Å². The Morgan fingerprint density at radius 3 is 2.50 bits per heavy atom. The van der Waals surface area contributed by atoms with Gasteiger partial charge in [0.1, 0.15) is 5.69 Å². The van der Waals surface area contributed by atoms with Gasteiger partial charge in [-0.2, -0.15) is 5.26 Å². The lowest BCUT2D eigenvalue weighted by molar-refractivity contribution is -0.137. The zero-order valence-corrected chi connectivity index (χ0v) is 17.4. The van der Waals surface area contributed by atoms with E-state index >= 15 is 0 Å². The molecule has 0 aliphatic rings. The highest BCUT2D eigenvalue weighted by Gasteiger charge is 2.19. The van der Waals surface area contributed by atoms with Crippen molar-refractivity contribution in [2.45, 2.75) is 25.9 Å². The molecular formula is C24H22N4O4. The molecule has 3 aromatic rings. The highest BCUT2D eigenvalue weighted by molar-refractivity contribution is 5.89. The Kier molecular flexibility index (Phi) is 7.03. The van der Waals surface area contributed by atoms with Crippen LogP contribution in [0.15, 0.2) is 71.7 Å². The number of aromatic nitrogens is 1.